The second-order valence-corrected chi connectivity index (χ2v) is 7.48. The van der Waals surface area contributed by atoms with Crippen LogP contribution in [0.3, 0.4) is 0 Å². The number of thiophene rings is 1. The molecule has 0 bridgehead atoms. The van der Waals surface area contributed by atoms with Crippen LogP contribution < -0.4 is 5.32 Å². The second-order valence-electron chi connectivity index (χ2n) is 4.82. The van der Waals surface area contributed by atoms with Crippen LogP contribution in [-0.2, 0) is 4.79 Å². The lowest BCUT2D eigenvalue weighted by Crippen LogP contribution is -2.22. The van der Waals surface area contributed by atoms with Crippen LogP contribution in [0.15, 0.2) is 40.9 Å². The molecule has 0 aliphatic carbocycles. The molecule has 0 aliphatic rings. The number of nitrogens with zero attached hydrogens (tertiary/aromatic N) is 2. The minimum Gasteiger partial charge on any atom is -0.324 e. The fourth-order valence-electron chi connectivity index (χ4n) is 1.86. The predicted octanol–water partition coefficient (Wildman–Crippen LogP) is 4.45. The van der Waals surface area contributed by atoms with Crippen molar-refractivity contribution >= 4 is 46.3 Å². The van der Waals surface area contributed by atoms with Gasteiger partial charge in [0.15, 0.2) is 5.82 Å². The van der Waals surface area contributed by atoms with Crippen molar-refractivity contribution in [2.24, 2.45) is 0 Å². The van der Waals surface area contributed by atoms with Crippen LogP contribution in [0.4, 0.5) is 10.1 Å². The van der Waals surface area contributed by atoms with Crippen molar-refractivity contribution in [2.45, 2.75) is 17.3 Å². The van der Waals surface area contributed by atoms with Crippen molar-refractivity contribution in [3.63, 3.8) is 0 Å². The molecule has 1 amide bonds. The topological polar surface area (TPSA) is 70.7 Å². The third-order valence-corrected chi connectivity index (χ3v) is 5.21. The fourth-order valence-corrected chi connectivity index (χ4v) is 3.46. The largest absolute Gasteiger partial charge is 0.324 e. The zero-order valence-electron chi connectivity index (χ0n) is 12.4. The Morgan fingerprint density at radius 1 is 1.46 bits per heavy atom. The molecule has 1 unspecified atom stereocenters. The molecule has 0 spiro atoms. The van der Waals surface area contributed by atoms with Gasteiger partial charge in [0, 0.05) is 0 Å². The Morgan fingerprint density at radius 2 is 2.29 bits per heavy atom. The number of amides is 1. The van der Waals surface area contributed by atoms with Gasteiger partial charge in [-0.2, -0.15) is 0 Å². The number of hydrogen-bond donors (Lipinski definition) is 2. The monoisotopic (exact) mass is 382 g/mol. The highest BCUT2D eigenvalue weighted by molar-refractivity contribution is 8.00. The summed E-state index contributed by atoms with van der Waals surface area (Å²) in [6.45, 7) is 1.73. The summed E-state index contributed by atoms with van der Waals surface area (Å²) in [5, 5.41) is 11.8. The van der Waals surface area contributed by atoms with Crippen molar-refractivity contribution in [3.05, 3.63) is 46.6 Å². The Kier molecular flexibility index (Phi) is 5.17. The smallest absolute Gasteiger partial charge is 0.237 e. The molecule has 0 saturated carbocycles. The number of nitrogens with one attached hydrogen (secondary N) is 2. The van der Waals surface area contributed by atoms with Crippen molar-refractivity contribution in [3.8, 4) is 10.7 Å². The summed E-state index contributed by atoms with van der Waals surface area (Å²) in [5.74, 6) is -0.0556. The molecule has 0 aliphatic heterocycles. The maximum Gasteiger partial charge on any atom is 0.237 e. The van der Waals surface area contributed by atoms with E-state index in [1.807, 2.05) is 17.5 Å². The molecular weight excluding hydrogens is 371 g/mol. The highest BCUT2D eigenvalue weighted by Gasteiger charge is 2.18. The van der Waals surface area contributed by atoms with Crippen LogP contribution in [0.2, 0.25) is 5.02 Å². The summed E-state index contributed by atoms with van der Waals surface area (Å²) in [6.07, 6.45) is 0. The normalized spacial score (nSPS) is 12.1. The van der Waals surface area contributed by atoms with Gasteiger partial charge in [-0.25, -0.2) is 9.37 Å². The number of H-pyrrole nitrogens is 1. The SMILES string of the molecule is CC(Sc1n[nH]c(-c2cccs2)n1)C(=O)Nc1ccc(F)cc1Cl. The summed E-state index contributed by atoms with van der Waals surface area (Å²) < 4.78 is 13.0. The average molecular weight is 383 g/mol. The molecule has 2 N–H and O–H groups in total. The van der Waals surface area contributed by atoms with Gasteiger partial charge >= 0.3 is 0 Å². The molecule has 3 aromatic rings. The molecule has 0 saturated heterocycles. The van der Waals surface area contributed by atoms with E-state index in [-0.39, 0.29) is 10.9 Å². The van der Waals surface area contributed by atoms with Crippen molar-refractivity contribution in [1.29, 1.82) is 0 Å². The lowest BCUT2D eigenvalue weighted by atomic mass is 10.3. The van der Waals surface area contributed by atoms with E-state index in [1.54, 1.807) is 18.3 Å². The lowest BCUT2D eigenvalue weighted by molar-refractivity contribution is -0.115. The summed E-state index contributed by atoms with van der Waals surface area (Å²) in [6, 6.07) is 7.68. The molecule has 2 aromatic heterocycles. The highest BCUT2D eigenvalue weighted by Crippen LogP contribution is 2.27. The van der Waals surface area contributed by atoms with Gasteiger partial charge in [0.25, 0.3) is 0 Å². The third-order valence-electron chi connectivity index (χ3n) is 3.06. The van der Waals surface area contributed by atoms with Crippen LogP contribution in [0, 0.1) is 5.82 Å². The zero-order valence-corrected chi connectivity index (χ0v) is 14.8. The number of hydrogen-bond acceptors (Lipinski definition) is 5. The Labute approximate surface area is 150 Å². The number of carbonyl (C=O) groups is 1. The molecule has 1 atom stereocenters. The molecule has 5 nitrogen and oxygen atoms in total. The third kappa shape index (κ3) is 3.95. The quantitative estimate of drug-likeness (QED) is 0.640. The van der Waals surface area contributed by atoms with E-state index in [2.05, 4.69) is 20.5 Å². The average Bonchev–Trinajstić information content (AvgIpc) is 3.20. The molecule has 1 aromatic carbocycles. The van der Waals surface area contributed by atoms with Gasteiger partial charge in [0.1, 0.15) is 5.82 Å². The summed E-state index contributed by atoms with van der Waals surface area (Å²) in [4.78, 5) is 17.6. The Bertz CT molecular complexity index is 853. The molecule has 124 valence electrons. The Morgan fingerprint density at radius 3 is 3.00 bits per heavy atom. The van der Waals surface area contributed by atoms with E-state index in [1.165, 1.54) is 23.9 Å². The lowest BCUT2D eigenvalue weighted by Gasteiger charge is -2.11. The standard InChI is InChI=1S/C15H12ClFN4OS2/c1-8(14(22)18-11-5-4-9(17)7-10(11)16)24-15-19-13(20-21-15)12-3-2-6-23-12/h2-8H,1H3,(H,18,22)(H,19,20,21). The van der Waals surface area contributed by atoms with Crippen molar-refractivity contribution in [1.82, 2.24) is 15.2 Å². The number of halogens is 2. The van der Waals surface area contributed by atoms with E-state index >= 15 is 0 Å². The zero-order chi connectivity index (χ0) is 17.1. The second kappa shape index (κ2) is 7.33. The van der Waals surface area contributed by atoms with Gasteiger partial charge in [0.2, 0.25) is 11.1 Å². The first-order valence-corrected chi connectivity index (χ1v) is 9.05. The Balaban J connectivity index is 1.64. The summed E-state index contributed by atoms with van der Waals surface area (Å²) in [5.41, 5.74) is 0.366. The number of aromatic nitrogens is 3. The summed E-state index contributed by atoms with van der Waals surface area (Å²) in [7, 11) is 0. The maximum absolute atomic E-state index is 13.0. The first-order valence-electron chi connectivity index (χ1n) is 6.92. The van der Waals surface area contributed by atoms with Gasteiger partial charge in [-0.05, 0) is 36.6 Å². The minimum absolute atomic E-state index is 0.151. The Hall–Kier alpha value is -1.90. The van der Waals surface area contributed by atoms with Crippen LogP contribution in [0.25, 0.3) is 10.7 Å². The van der Waals surface area contributed by atoms with Gasteiger partial charge in [-0.3, -0.25) is 9.89 Å². The van der Waals surface area contributed by atoms with Crippen LogP contribution in [-0.4, -0.2) is 26.3 Å². The van der Waals surface area contributed by atoms with Crippen LogP contribution in [0.5, 0.6) is 0 Å². The van der Waals surface area contributed by atoms with Crippen molar-refractivity contribution < 1.29 is 9.18 Å². The minimum atomic E-state index is -0.456. The van der Waals surface area contributed by atoms with Crippen LogP contribution in [0.1, 0.15) is 6.92 Å². The van der Waals surface area contributed by atoms with Crippen LogP contribution >= 0.6 is 34.7 Å². The van der Waals surface area contributed by atoms with E-state index < -0.39 is 11.1 Å². The molecule has 2 heterocycles. The molecule has 24 heavy (non-hydrogen) atoms. The molecule has 9 heteroatoms. The van der Waals surface area contributed by atoms with Crippen molar-refractivity contribution in [2.75, 3.05) is 5.32 Å². The number of aromatic amines is 1. The first-order chi connectivity index (χ1) is 11.5. The van der Waals surface area contributed by atoms with Gasteiger partial charge < -0.3 is 5.32 Å². The van der Waals surface area contributed by atoms with E-state index in [0.29, 0.717) is 16.7 Å². The molecule has 0 fully saturated rings. The summed E-state index contributed by atoms with van der Waals surface area (Å²) >= 11 is 8.68. The van der Waals surface area contributed by atoms with E-state index in [9.17, 15) is 9.18 Å². The number of carbonyl (C=O) groups excluding carboxylic acids is 1. The molecule has 3 rings (SSSR count). The maximum atomic E-state index is 13.0. The number of anilines is 1. The fraction of sp³-hybridized carbons (Fsp3) is 0.133. The van der Waals surface area contributed by atoms with Gasteiger partial charge in [-0.15, -0.1) is 16.4 Å². The number of benzene rings is 1. The number of rotatable bonds is 5. The van der Waals surface area contributed by atoms with E-state index in [0.717, 1.165) is 10.9 Å². The van der Waals surface area contributed by atoms with Gasteiger partial charge in [0.05, 0.1) is 20.8 Å². The predicted molar refractivity (Wildman–Crippen MR) is 95.1 cm³/mol. The van der Waals surface area contributed by atoms with E-state index in [4.69, 9.17) is 11.6 Å². The van der Waals surface area contributed by atoms with Gasteiger partial charge in [-0.1, -0.05) is 29.4 Å². The molecule has 0 radical (unpaired) electrons. The highest BCUT2D eigenvalue weighted by atomic mass is 35.5. The first kappa shape index (κ1) is 16.9. The number of thioether (sulfide) groups is 1. The molecular formula is C15H12ClFN4OS2.